The van der Waals surface area contributed by atoms with Gasteiger partial charge in [-0.1, -0.05) is 46.3 Å². The van der Waals surface area contributed by atoms with Crippen LogP contribution in [0.15, 0.2) is 40.9 Å². The summed E-state index contributed by atoms with van der Waals surface area (Å²) in [5.41, 5.74) is 6.01. The van der Waals surface area contributed by atoms with Crippen molar-refractivity contribution >= 4 is 27.5 Å². The van der Waals surface area contributed by atoms with Crippen LogP contribution in [0.25, 0.3) is 0 Å². The van der Waals surface area contributed by atoms with E-state index in [1.54, 1.807) is 0 Å². The van der Waals surface area contributed by atoms with Crippen molar-refractivity contribution in [3.05, 3.63) is 68.7 Å². The number of fused-ring (bicyclic) bond motifs is 1. The van der Waals surface area contributed by atoms with Crippen molar-refractivity contribution in [3.8, 4) is 0 Å². The van der Waals surface area contributed by atoms with Gasteiger partial charge in [0.25, 0.3) is 0 Å². The van der Waals surface area contributed by atoms with Gasteiger partial charge in [-0.15, -0.1) is 11.6 Å². The SMILES string of the molecule is Cc1c(Br)cccc1C(Cl)c1ccc2c(c1)COC2. The van der Waals surface area contributed by atoms with Crippen LogP contribution < -0.4 is 0 Å². The number of ether oxygens (including phenoxy) is 1. The zero-order chi connectivity index (χ0) is 13.4. The molecule has 2 aromatic rings. The van der Waals surface area contributed by atoms with Crippen molar-refractivity contribution in [2.24, 2.45) is 0 Å². The molecule has 0 radical (unpaired) electrons. The van der Waals surface area contributed by atoms with E-state index in [1.165, 1.54) is 16.7 Å². The molecule has 1 unspecified atom stereocenters. The largest absolute Gasteiger partial charge is 0.372 e. The van der Waals surface area contributed by atoms with Crippen molar-refractivity contribution in [1.82, 2.24) is 0 Å². The van der Waals surface area contributed by atoms with E-state index in [-0.39, 0.29) is 5.38 Å². The Morgan fingerprint density at radius 2 is 1.95 bits per heavy atom. The van der Waals surface area contributed by atoms with Crippen LogP contribution in [0.1, 0.15) is 33.2 Å². The summed E-state index contributed by atoms with van der Waals surface area (Å²) in [4.78, 5) is 0. The first-order chi connectivity index (χ1) is 9.16. The van der Waals surface area contributed by atoms with E-state index in [2.05, 4.69) is 47.1 Å². The molecule has 0 saturated heterocycles. The van der Waals surface area contributed by atoms with E-state index in [0.29, 0.717) is 6.61 Å². The van der Waals surface area contributed by atoms with E-state index in [1.807, 2.05) is 12.1 Å². The van der Waals surface area contributed by atoms with Gasteiger partial charge >= 0.3 is 0 Å². The Hall–Kier alpha value is -0.830. The lowest BCUT2D eigenvalue weighted by Crippen LogP contribution is -1.98. The molecule has 1 aliphatic heterocycles. The van der Waals surface area contributed by atoms with Crippen LogP contribution in [0.2, 0.25) is 0 Å². The lowest BCUT2D eigenvalue weighted by Gasteiger charge is -2.15. The molecule has 1 atom stereocenters. The van der Waals surface area contributed by atoms with Crippen molar-refractivity contribution in [2.45, 2.75) is 25.5 Å². The minimum Gasteiger partial charge on any atom is -0.372 e. The van der Waals surface area contributed by atoms with Crippen molar-refractivity contribution in [2.75, 3.05) is 0 Å². The second-order valence-electron chi connectivity index (χ2n) is 4.84. The molecule has 0 aromatic heterocycles. The van der Waals surface area contributed by atoms with Crippen LogP contribution in [0.5, 0.6) is 0 Å². The highest BCUT2D eigenvalue weighted by Crippen LogP contribution is 2.35. The first kappa shape index (κ1) is 13.2. The topological polar surface area (TPSA) is 9.23 Å². The Labute approximate surface area is 126 Å². The van der Waals surface area contributed by atoms with Crippen LogP contribution in [-0.2, 0) is 18.0 Å². The molecule has 1 aliphatic rings. The number of hydrogen-bond acceptors (Lipinski definition) is 1. The van der Waals surface area contributed by atoms with Gasteiger partial charge in [0.15, 0.2) is 0 Å². The molecule has 0 amide bonds. The minimum atomic E-state index is -0.122. The van der Waals surface area contributed by atoms with Gasteiger partial charge in [0.1, 0.15) is 0 Å². The molecule has 0 bridgehead atoms. The number of halogens is 2. The third-order valence-electron chi connectivity index (χ3n) is 3.62. The van der Waals surface area contributed by atoms with Crippen LogP contribution >= 0.6 is 27.5 Å². The maximum atomic E-state index is 6.65. The maximum absolute atomic E-state index is 6.65. The summed E-state index contributed by atoms with van der Waals surface area (Å²) in [5, 5.41) is -0.122. The molecule has 0 saturated carbocycles. The van der Waals surface area contributed by atoms with Gasteiger partial charge in [-0.2, -0.15) is 0 Å². The van der Waals surface area contributed by atoms with Crippen LogP contribution in [-0.4, -0.2) is 0 Å². The highest BCUT2D eigenvalue weighted by molar-refractivity contribution is 9.10. The summed E-state index contributed by atoms with van der Waals surface area (Å²) in [5.74, 6) is 0. The monoisotopic (exact) mass is 336 g/mol. The molecule has 3 rings (SSSR count). The average molecular weight is 338 g/mol. The first-order valence-corrected chi connectivity index (χ1v) is 7.48. The summed E-state index contributed by atoms with van der Waals surface area (Å²) in [6, 6.07) is 12.5. The number of rotatable bonds is 2. The summed E-state index contributed by atoms with van der Waals surface area (Å²) in [6.45, 7) is 3.51. The van der Waals surface area contributed by atoms with Gasteiger partial charge < -0.3 is 4.74 Å². The lowest BCUT2D eigenvalue weighted by molar-refractivity contribution is 0.134. The van der Waals surface area contributed by atoms with E-state index < -0.39 is 0 Å². The Morgan fingerprint density at radius 3 is 2.79 bits per heavy atom. The highest BCUT2D eigenvalue weighted by Gasteiger charge is 2.18. The molecule has 0 N–H and O–H groups in total. The third-order valence-corrected chi connectivity index (χ3v) is 4.97. The maximum Gasteiger partial charge on any atom is 0.0838 e. The number of benzene rings is 2. The second-order valence-corrected chi connectivity index (χ2v) is 6.13. The van der Waals surface area contributed by atoms with E-state index in [4.69, 9.17) is 16.3 Å². The van der Waals surface area contributed by atoms with Crippen molar-refractivity contribution < 1.29 is 4.74 Å². The van der Waals surface area contributed by atoms with Gasteiger partial charge in [0.2, 0.25) is 0 Å². The fourth-order valence-corrected chi connectivity index (χ4v) is 3.18. The van der Waals surface area contributed by atoms with Gasteiger partial charge in [-0.25, -0.2) is 0 Å². The van der Waals surface area contributed by atoms with Crippen LogP contribution in [0.3, 0.4) is 0 Å². The van der Waals surface area contributed by atoms with Gasteiger partial charge in [0, 0.05) is 4.47 Å². The molecule has 1 heterocycles. The standard InChI is InChI=1S/C16H14BrClO/c1-10-14(3-2-4-15(10)17)16(18)11-5-6-12-8-19-9-13(12)7-11/h2-7,16H,8-9H2,1H3. The normalized spacial score (nSPS) is 15.3. The fraction of sp³-hybridized carbons (Fsp3) is 0.250. The zero-order valence-corrected chi connectivity index (χ0v) is 13.0. The molecule has 98 valence electrons. The molecule has 3 heteroatoms. The molecule has 0 aliphatic carbocycles. The smallest absolute Gasteiger partial charge is 0.0838 e. The van der Waals surface area contributed by atoms with Gasteiger partial charge in [-0.05, 0) is 40.8 Å². The van der Waals surface area contributed by atoms with Crippen LogP contribution in [0.4, 0.5) is 0 Å². The zero-order valence-electron chi connectivity index (χ0n) is 10.6. The predicted molar refractivity (Wildman–Crippen MR) is 81.5 cm³/mol. The van der Waals surface area contributed by atoms with E-state index in [0.717, 1.165) is 22.2 Å². The highest BCUT2D eigenvalue weighted by atomic mass is 79.9. The Morgan fingerprint density at radius 1 is 1.16 bits per heavy atom. The van der Waals surface area contributed by atoms with Gasteiger partial charge in [0.05, 0.1) is 18.6 Å². The molecular weight excluding hydrogens is 324 g/mol. The van der Waals surface area contributed by atoms with E-state index in [9.17, 15) is 0 Å². The molecule has 0 fully saturated rings. The summed E-state index contributed by atoms with van der Waals surface area (Å²) in [6.07, 6.45) is 0. The third kappa shape index (κ3) is 2.45. The number of alkyl halides is 1. The molecule has 19 heavy (non-hydrogen) atoms. The minimum absolute atomic E-state index is 0.122. The van der Waals surface area contributed by atoms with Gasteiger partial charge in [-0.3, -0.25) is 0 Å². The van der Waals surface area contributed by atoms with Crippen molar-refractivity contribution in [3.63, 3.8) is 0 Å². The lowest BCUT2D eigenvalue weighted by atomic mass is 9.97. The number of hydrogen-bond donors (Lipinski definition) is 0. The Bertz CT molecular complexity index is 624. The van der Waals surface area contributed by atoms with Crippen LogP contribution in [0, 0.1) is 6.92 Å². The first-order valence-electron chi connectivity index (χ1n) is 6.25. The predicted octanol–water partition coefficient (Wildman–Crippen LogP) is 5.12. The summed E-state index contributed by atoms with van der Waals surface area (Å²) >= 11 is 10.2. The Balaban J connectivity index is 2.00. The molecule has 0 spiro atoms. The summed E-state index contributed by atoms with van der Waals surface area (Å²) in [7, 11) is 0. The molecular formula is C16H14BrClO. The van der Waals surface area contributed by atoms with Crippen molar-refractivity contribution in [1.29, 1.82) is 0 Å². The fourth-order valence-electron chi connectivity index (χ4n) is 2.43. The van der Waals surface area contributed by atoms with E-state index >= 15 is 0 Å². The Kier molecular flexibility index (Phi) is 3.66. The molecule has 2 aromatic carbocycles. The average Bonchev–Trinajstić information content (AvgIpc) is 2.88. The molecule has 1 nitrogen and oxygen atoms in total. The second kappa shape index (κ2) is 5.28. The summed E-state index contributed by atoms with van der Waals surface area (Å²) < 4.78 is 6.54. The quantitative estimate of drug-likeness (QED) is 0.691.